The molecule has 0 bridgehead atoms. The summed E-state index contributed by atoms with van der Waals surface area (Å²) in [5.41, 5.74) is 0. The van der Waals surface area contributed by atoms with Gasteiger partial charge < -0.3 is 0 Å². The third-order valence-electron chi connectivity index (χ3n) is 0.628. The first-order valence-electron chi connectivity index (χ1n) is 2.35. The summed E-state index contributed by atoms with van der Waals surface area (Å²) in [5.74, 6) is 0. The van der Waals surface area contributed by atoms with E-state index in [1.54, 1.807) is 0 Å². The van der Waals surface area contributed by atoms with Gasteiger partial charge in [0, 0.05) is 5.38 Å². The van der Waals surface area contributed by atoms with Crippen molar-refractivity contribution >= 4 is 11.6 Å². The number of rotatable bonds is 2. The van der Waals surface area contributed by atoms with E-state index in [2.05, 4.69) is 6.92 Å². The lowest BCUT2D eigenvalue weighted by Gasteiger charge is -1.90. The van der Waals surface area contributed by atoms with Gasteiger partial charge in [-0.2, -0.15) is 0 Å². The molecule has 7 heavy (non-hydrogen) atoms. The Morgan fingerprint density at radius 2 is 2.43 bits per heavy atom. The summed E-state index contributed by atoms with van der Waals surface area (Å²) in [4.78, 5) is 0. The van der Waals surface area contributed by atoms with Gasteiger partial charge in [-0.1, -0.05) is 12.2 Å². The molecule has 0 aromatic rings. The topological polar surface area (TPSA) is 0 Å². The minimum atomic E-state index is 0.0381. The molecule has 0 aromatic carbocycles. The smallest absolute Gasteiger partial charge is 0.0371 e. The van der Waals surface area contributed by atoms with E-state index in [0.29, 0.717) is 0 Å². The Kier molecular flexibility index (Phi) is 4.21. The Balaban J connectivity index is 2.97. The van der Waals surface area contributed by atoms with Crippen LogP contribution in [0.25, 0.3) is 0 Å². The van der Waals surface area contributed by atoms with Gasteiger partial charge in [-0.25, -0.2) is 0 Å². The molecule has 1 heteroatoms. The van der Waals surface area contributed by atoms with Gasteiger partial charge >= 0.3 is 0 Å². The molecule has 0 rings (SSSR count). The molecule has 0 saturated heterocycles. The summed E-state index contributed by atoms with van der Waals surface area (Å²) >= 11 is 5.49. The van der Waals surface area contributed by atoms with Crippen molar-refractivity contribution in [3.63, 3.8) is 0 Å². The second-order valence-corrected chi connectivity index (χ2v) is 2.02. The number of halogens is 1. The van der Waals surface area contributed by atoms with Crippen LogP contribution < -0.4 is 0 Å². The van der Waals surface area contributed by atoms with Gasteiger partial charge in [0.1, 0.15) is 0 Å². The largest absolute Gasteiger partial charge is 0.123 e. The van der Waals surface area contributed by atoms with Crippen LogP contribution in [-0.2, 0) is 0 Å². The van der Waals surface area contributed by atoms with Gasteiger partial charge in [0.15, 0.2) is 0 Å². The van der Waals surface area contributed by atoms with Gasteiger partial charge in [0.2, 0.25) is 0 Å². The number of allylic oxidation sites excluding steroid dienone is 2. The number of hydrogen-bond donors (Lipinski definition) is 0. The molecule has 0 amide bonds. The lowest BCUT2D eigenvalue weighted by Crippen LogP contribution is -1.84. The third kappa shape index (κ3) is 6.03. The lowest BCUT2D eigenvalue weighted by molar-refractivity contribution is 1.06. The first-order valence-corrected chi connectivity index (χ1v) is 2.79. The van der Waals surface area contributed by atoms with Crippen LogP contribution in [0.2, 0.25) is 0 Å². The van der Waals surface area contributed by atoms with Crippen molar-refractivity contribution in [2.24, 2.45) is 0 Å². The van der Waals surface area contributed by atoms with Crippen molar-refractivity contribution in [2.75, 3.05) is 0 Å². The van der Waals surface area contributed by atoms with Crippen LogP contribution in [0.15, 0.2) is 12.2 Å². The van der Waals surface area contributed by atoms with Crippen molar-refractivity contribution < 1.29 is 0 Å². The molecule has 0 aliphatic carbocycles. The fourth-order valence-corrected chi connectivity index (χ4v) is 0.387. The van der Waals surface area contributed by atoms with Gasteiger partial charge in [-0.05, 0) is 20.3 Å². The SMILES string of the molecule is [CH2]C(Cl)CC=CC. The fourth-order valence-electron chi connectivity index (χ4n) is 0.284. The van der Waals surface area contributed by atoms with Crippen LogP contribution in [0.4, 0.5) is 0 Å². The Morgan fingerprint density at radius 3 is 2.57 bits per heavy atom. The quantitative estimate of drug-likeness (QED) is 0.385. The molecule has 0 saturated carbocycles. The van der Waals surface area contributed by atoms with E-state index < -0.39 is 0 Å². The molecule has 1 atom stereocenters. The van der Waals surface area contributed by atoms with Crippen LogP contribution >= 0.6 is 11.6 Å². The fraction of sp³-hybridized carbons (Fsp3) is 0.500. The second kappa shape index (κ2) is 4.20. The zero-order valence-electron chi connectivity index (χ0n) is 4.52. The van der Waals surface area contributed by atoms with Crippen LogP contribution in [0, 0.1) is 6.92 Å². The molecule has 41 valence electrons. The van der Waals surface area contributed by atoms with Gasteiger partial charge in [-0.15, -0.1) is 11.6 Å². The number of hydrogen-bond acceptors (Lipinski definition) is 0. The van der Waals surface area contributed by atoms with Gasteiger partial charge in [0.05, 0.1) is 0 Å². The van der Waals surface area contributed by atoms with Gasteiger partial charge in [-0.3, -0.25) is 0 Å². The van der Waals surface area contributed by atoms with Crippen LogP contribution in [0.1, 0.15) is 13.3 Å². The van der Waals surface area contributed by atoms with E-state index in [-0.39, 0.29) is 5.38 Å². The molecule has 1 radical (unpaired) electrons. The van der Waals surface area contributed by atoms with Crippen LogP contribution in [-0.4, -0.2) is 5.38 Å². The van der Waals surface area contributed by atoms with E-state index in [9.17, 15) is 0 Å². The van der Waals surface area contributed by atoms with E-state index in [4.69, 9.17) is 11.6 Å². The Labute approximate surface area is 50.2 Å². The zero-order valence-corrected chi connectivity index (χ0v) is 5.28. The lowest BCUT2D eigenvalue weighted by atomic mass is 10.3. The van der Waals surface area contributed by atoms with E-state index in [0.717, 1.165) is 6.42 Å². The average Bonchev–Trinajstić information content (AvgIpc) is 1.61. The Morgan fingerprint density at radius 1 is 1.86 bits per heavy atom. The molecule has 0 fully saturated rings. The Hall–Kier alpha value is 0.0300. The zero-order chi connectivity index (χ0) is 5.70. The van der Waals surface area contributed by atoms with Crippen LogP contribution in [0.5, 0.6) is 0 Å². The van der Waals surface area contributed by atoms with Gasteiger partial charge in [0.25, 0.3) is 0 Å². The molecular weight excluding hydrogens is 108 g/mol. The van der Waals surface area contributed by atoms with Crippen molar-refractivity contribution in [1.29, 1.82) is 0 Å². The maximum absolute atomic E-state index is 5.49. The highest BCUT2D eigenvalue weighted by molar-refractivity contribution is 6.21. The minimum absolute atomic E-state index is 0.0381. The highest BCUT2D eigenvalue weighted by atomic mass is 35.5. The monoisotopic (exact) mass is 117 g/mol. The molecule has 0 spiro atoms. The van der Waals surface area contributed by atoms with E-state index in [1.807, 2.05) is 19.1 Å². The van der Waals surface area contributed by atoms with Crippen molar-refractivity contribution in [3.05, 3.63) is 19.1 Å². The molecule has 0 aromatic heterocycles. The van der Waals surface area contributed by atoms with E-state index >= 15 is 0 Å². The maximum Gasteiger partial charge on any atom is 0.0371 e. The normalized spacial score (nSPS) is 15.3. The predicted octanol–water partition coefficient (Wildman–Crippen LogP) is 2.39. The maximum atomic E-state index is 5.49. The van der Waals surface area contributed by atoms with Crippen LogP contribution in [0.3, 0.4) is 0 Å². The first kappa shape index (κ1) is 7.03. The summed E-state index contributed by atoms with van der Waals surface area (Å²) in [6.07, 6.45) is 4.85. The predicted molar refractivity (Wildman–Crippen MR) is 34.4 cm³/mol. The summed E-state index contributed by atoms with van der Waals surface area (Å²) in [7, 11) is 0. The highest BCUT2D eigenvalue weighted by Gasteiger charge is 1.87. The molecule has 0 heterocycles. The summed E-state index contributed by atoms with van der Waals surface area (Å²) in [6, 6.07) is 0. The summed E-state index contributed by atoms with van der Waals surface area (Å²) in [6.45, 7) is 5.56. The molecule has 0 aliphatic rings. The standard InChI is InChI=1S/C6H10Cl/c1-3-4-5-6(2)7/h3-4,6H,2,5H2,1H3. The molecule has 0 nitrogen and oxygen atoms in total. The highest BCUT2D eigenvalue weighted by Crippen LogP contribution is 1.98. The third-order valence-corrected chi connectivity index (χ3v) is 0.806. The van der Waals surface area contributed by atoms with Crippen molar-refractivity contribution in [2.45, 2.75) is 18.7 Å². The first-order chi connectivity index (χ1) is 3.27. The molecular formula is C6H10Cl. The van der Waals surface area contributed by atoms with Crippen molar-refractivity contribution in [3.8, 4) is 0 Å². The summed E-state index contributed by atoms with van der Waals surface area (Å²) in [5, 5.41) is 0.0381. The molecule has 1 unspecified atom stereocenters. The number of alkyl halides is 1. The summed E-state index contributed by atoms with van der Waals surface area (Å²) < 4.78 is 0. The second-order valence-electron chi connectivity index (χ2n) is 1.40. The molecule has 0 N–H and O–H groups in total. The average molecular weight is 118 g/mol. The minimum Gasteiger partial charge on any atom is -0.123 e. The van der Waals surface area contributed by atoms with E-state index in [1.165, 1.54) is 0 Å². The molecule has 0 aliphatic heterocycles. The van der Waals surface area contributed by atoms with Crippen molar-refractivity contribution in [1.82, 2.24) is 0 Å². The Bertz CT molecular complexity index is 55.2.